The first-order valence-corrected chi connectivity index (χ1v) is 7.04. The summed E-state index contributed by atoms with van der Waals surface area (Å²) in [5.74, 6) is 0.225. The highest BCUT2D eigenvalue weighted by Crippen LogP contribution is 2.19. The quantitative estimate of drug-likeness (QED) is 0.603. The number of halogens is 2. The monoisotopic (exact) mass is 303 g/mol. The van der Waals surface area contributed by atoms with E-state index in [4.69, 9.17) is 9.47 Å². The van der Waals surface area contributed by atoms with E-state index in [1.807, 2.05) is 0 Å². The predicted octanol–water partition coefficient (Wildman–Crippen LogP) is 2.82. The molecule has 1 rings (SSSR count). The number of ether oxygens (including phenoxy) is 3. The number of rotatable bonds is 12. The third kappa shape index (κ3) is 8.60. The molecule has 0 fully saturated rings. The molecule has 21 heavy (non-hydrogen) atoms. The van der Waals surface area contributed by atoms with Crippen molar-refractivity contribution in [3.63, 3.8) is 0 Å². The van der Waals surface area contributed by atoms with E-state index in [1.165, 1.54) is 0 Å². The zero-order valence-corrected chi connectivity index (χ0v) is 12.3. The Balaban J connectivity index is 2.12. The SMILES string of the molecule is COCCOCCCCNCc1ccccc1OC(F)F. The maximum absolute atomic E-state index is 12.3. The number of hydrogen-bond donors (Lipinski definition) is 1. The molecule has 6 heteroatoms. The van der Waals surface area contributed by atoms with Gasteiger partial charge in [-0.3, -0.25) is 0 Å². The lowest BCUT2D eigenvalue weighted by molar-refractivity contribution is -0.0504. The molecule has 1 N–H and O–H groups in total. The molecule has 4 nitrogen and oxygen atoms in total. The minimum Gasteiger partial charge on any atom is -0.434 e. The third-order valence-corrected chi connectivity index (χ3v) is 2.83. The van der Waals surface area contributed by atoms with Crippen molar-refractivity contribution in [3.05, 3.63) is 29.8 Å². The number of methoxy groups -OCH3 is 1. The number of para-hydroxylation sites is 1. The van der Waals surface area contributed by atoms with Crippen molar-refractivity contribution >= 4 is 0 Å². The van der Waals surface area contributed by atoms with Gasteiger partial charge in [0.25, 0.3) is 0 Å². The van der Waals surface area contributed by atoms with Crippen LogP contribution in [0.5, 0.6) is 5.75 Å². The lowest BCUT2D eigenvalue weighted by Gasteiger charge is -2.11. The van der Waals surface area contributed by atoms with E-state index < -0.39 is 6.61 Å². The molecule has 0 spiro atoms. The Kier molecular flexibility index (Phi) is 9.69. The fourth-order valence-electron chi connectivity index (χ4n) is 1.78. The summed E-state index contributed by atoms with van der Waals surface area (Å²) in [6, 6.07) is 6.81. The van der Waals surface area contributed by atoms with Crippen molar-refractivity contribution in [3.8, 4) is 5.75 Å². The molecule has 0 bridgehead atoms. The van der Waals surface area contributed by atoms with Gasteiger partial charge in [0.05, 0.1) is 13.2 Å². The van der Waals surface area contributed by atoms with Crippen LogP contribution in [0.3, 0.4) is 0 Å². The summed E-state index contributed by atoms with van der Waals surface area (Å²) < 4.78 is 39.2. The zero-order chi connectivity index (χ0) is 15.3. The topological polar surface area (TPSA) is 39.7 Å². The van der Waals surface area contributed by atoms with Crippen LogP contribution in [-0.4, -0.2) is 40.1 Å². The summed E-state index contributed by atoms with van der Waals surface area (Å²) in [5.41, 5.74) is 0.731. The van der Waals surface area contributed by atoms with Gasteiger partial charge in [0, 0.05) is 25.8 Å². The molecule has 0 unspecified atom stereocenters. The maximum Gasteiger partial charge on any atom is 0.387 e. The molecule has 0 amide bonds. The molecule has 1 aromatic rings. The summed E-state index contributed by atoms with van der Waals surface area (Å²) in [6.45, 7) is 0.442. The van der Waals surface area contributed by atoms with Crippen LogP contribution >= 0.6 is 0 Å². The lowest BCUT2D eigenvalue weighted by Crippen LogP contribution is -2.16. The molecule has 0 saturated heterocycles. The van der Waals surface area contributed by atoms with Gasteiger partial charge in [0.15, 0.2) is 0 Å². The van der Waals surface area contributed by atoms with Crippen molar-refractivity contribution in [2.75, 3.05) is 33.5 Å². The Hall–Kier alpha value is -1.24. The second-order valence-electron chi connectivity index (χ2n) is 4.48. The molecule has 0 atom stereocenters. The summed E-state index contributed by atoms with van der Waals surface area (Å²) in [6.07, 6.45) is 1.91. The number of unbranched alkanes of at least 4 members (excludes halogenated alkanes) is 1. The van der Waals surface area contributed by atoms with Crippen LogP contribution in [0.4, 0.5) is 8.78 Å². The van der Waals surface area contributed by atoms with Crippen molar-refractivity contribution in [2.45, 2.75) is 26.0 Å². The molecule has 0 aliphatic rings. The number of benzene rings is 1. The second kappa shape index (κ2) is 11.4. The van der Waals surface area contributed by atoms with Crippen molar-refractivity contribution < 1.29 is 23.0 Å². The Bertz CT molecular complexity index is 378. The molecule has 0 aliphatic carbocycles. The maximum atomic E-state index is 12.3. The zero-order valence-electron chi connectivity index (χ0n) is 12.3. The van der Waals surface area contributed by atoms with E-state index in [1.54, 1.807) is 31.4 Å². The second-order valence-corrected chi connectivity index (χ2v) is 4.48. The van der Waals surface area contributed by atoms with E-state index in [2.05, 4.69) is 10.1 Å². The van der Waals surface area contributed by atoms with E-state index in [-0.39, 0.29) is 5.75 Å². The average Bonchev–Trinajstić information content (AvgIpc) is 2.46. The summed E-state index contributed by atoms with van der Waals surface area (Å²) in [5, 5.41) is 3.21. The van der Waals surface area contributed by atoms with Crippen LogP contribution in [0.1, 0.15) is 18.4 Å². The Morgan fingerprint density at radius 1 is 1.10 bits per heavy atom. The van der Waals surface area contributed by atoms with Crippen molar-refractivity contribution in [1.82, 2.24) is 5.32 Å². The Labute approximate surface area is 124 Å². The van der Waals surface area contributed by atoms with Gasteiger partial charge in [0.2, 0.25) is 0 Å². The smallest absolute Gasteiger partial charge is 0.387 e. The number of hydrogen-bond acceptors (Lipinski definition) is 4. The normalized spacial score (nSPS) is 11.0. The van der Waals surface area contributed by atoms with E-state index >= 15 is 0 Å². The Morgan fingerprint density at radius 2 is 1.90 bits per heavy atom. The van der Waals surface area contributed by atoms with Gasteiger partial charge in [-0.25, -0.2) is 0 Å². The van der Waals surface area contributed by atoms with Gasteiger partial charge in [0.1, 0.15) is 5.75 Å². The van der Waals surface area contributed by atoms with E-state index in [9.17, 15) is 8.78 Å². The molecule has 0 aliphatic heterocycles. The fraction of sp³-hybridized carbons (Fsp3) is 0.600. The molecule has 0 radical (unpaired) electrons. The molecule has 0 heterocycles. The van der Waals surface area contributed by atoms with Gasteiger partial charge >= 0.3 is 6.61 Å². The van der Waals surface area contributed by atoms with Crippen molar-refractivity contribution in [1.29, 1.82) is 0 Å². The van der Waals surface area contributed by atoms with Gasteiger partial charge in [-0.2, -0.15) is 8.78 Å². The van der Waals surface area contributed by atoms with Gasteiger partial charge in [-0.1, -0.05) is 18.2 Å². The predicted molar refractivity (Wildman–Crippen MR) is 76.7 cm³/mol. The lowest BCUT2D eigenvalue weighted by atomic mass is 10.2. The van der Waals surface area contributed by atoms with Crippen LogP contribution in [0, 0.1) is 0 Å². The van der Waals surface area contributed by atoms with E-state index in [0.717, 1.165) is 24.9 Å². The largest absolute Gasteiger partial charge is 0.434 e. The fourth-order valence-corrected chi connectivity index (χ4v) is 1.78. The highest BCUT2D eigenvalue weighted by atomic mass is 19.3. The third-order valence-electron chi connectivity index (χ3n) is 2.83. The molecule has 1 aromatic carbocycles. The van der Waals surface area contributed by atoms with Crippen LogP contribution in [0.15, 0.2) is 24.3 Å². The van der Waals surface area contributed by atoms with Crippen molar-refractivity contribution in [2.24, 2.45) is 0 Å². The first-order valence-electron chi connectivity index (χ1n) is 7.04. The average molecular weight is 303 g/mol. The van der Waals surface area contributed by atoms with Crippen LogP contribution < -0.4 is 10.1 Å². The minimum absolute atomic E-state index is 0.225. The first-order chi connectivity index (χ1) is 10.2. The van der Waals surface area contributed by atoms with Gasteiger partial charge < -0.3 is 19.5 Å². The van der Waals surface area contributed by atoms with E-state index in [0.29, 0.717) is 26.4 Å². The van der Waals surface area contributed by atoms with Crippen LogP contribution in [-0.2, 0) is 16.0 Å². The minimum atomic E-state index is -2.80. The number of nitrogens with one attached hydrogen (secondary N) is 1. The highest BCUT2D eigenvalue weighted by Gasteiger charge is 2.08. The Morgan fingerprint density at radius 3 is 2.67 bits per heavy atom. The first kappa shape index (κ1) is 17.8. The standard InChI is InChI=1S/C15H23F2NO3/c1-19-10-11-20-9-5-4-8-18-12-13-6-2-3-7-14(13)21-15(16)17/h2-3,6-7,15,18H,4-5,8-12H2,1H3. The molecule has 0 aromatic heterocycles. The molecular formula is C15H23F2NO3. The van der Waals surface area contributed by atoms with Crippen LogP contribution in [0.25, 0.3) is 0 Å². The number of alkyl halides is 2. The molecular weight excluding hydrogens is 280 g/mol. The molecule has 0 saturated carbocycles. The van der Waals surface area contributed by atoms with Crippen LogP contribution in [0.2, 0.25) is 0 Å². The summed E-state index contributed by atoms with van der Waals surface area (Å²) in [7, 11) is 1.64. The summed E-state index contributed by atoms with van der Waals surface area (Å²) in [4.78, 5) is 0. The van der Waals surface area contributed by atoms with Gasteiger partial charge in [-0.15, -0.1) is 0 Å². The van der Waals surface area contributed by atoms with Gasteiger partial charge in [-0.05, 0) is 25.5 Å². The molecule has 120 valence electrons. The summed E-state index contributed by atoms with van der Waals surface area (Å²) >= 11 is 0. The highest BCUT2D eigenvalue weighted by molar-refractivity contribution is 5.33.